The smallest absolute Gasteiger partial charge is 0.0806 e. The molecule has 0 aromatic carbocycles. The molecule has 78 valence electrons. The van der Waals surface area contributed by atoms with Gasteiger partial charge in [0.05, 0.1) is 5.70 Å². The highest BCUT2D eigenvalue weighted by atomic mass is 15.1. The molecule has 0 radical (unpaired) electrons. The van der Waals surface area contributed by atoms with Gasteiger partial charge in [-0.2, -0.15) is 0 Å². The molecule has 0 amide bonds. The van der Waals surface area contributed by atoms with E-state index in [9.17, 15) is 0 Å². The third-order valence-corrected chi connectivity index (χ3v) is 3.05. The summed E-state index contributed by atoms with van der Waals surface area (Å²) in [5, 5.41) is 0. The standard InChI is InChI=1S/C13H21N/c1-5-7-12(4)14-9-6-8-13(10-14)11(2)3/h11,13H,4,6,8-10H2,1-3H3/t13-/m0/s1. The Morgan fingerprint density at radius 1 is 1.50 bits per heavy atom. The van der Waals surface area contributed by atoms with Crippen LogP contribution in [0, 0.1) is 23.7 Å². The fourth-order valence-electron chi connectivity index (χ4n) is 2.02. The van der Waals surface area contributed by atoms with Crippen LogP contribution < -0.4 is 0 Å². The monoisotopic (exact) mass is 191 g/mol. The molecule has 0 spiro atoms. The molecule has 0 aliphatic carbocycles. The summed E-state index contributed by atoms with van der Waals surface area (Å²) in [6.07, 6.45) is 2.65. The van der Waals surface area contributed by atoms with Gasteiger partial charge < -0.3 is 4.90 Å². The molecular weight excluding hydrogens is 170 g/mol. The molecule has 1 nitrogen and oxygen atoms in total. The maximum Gasteiger partial charge on any atom is 0.0806 e. The lowest BCUT2D eigenvalue weighted by Crippen LogP contribution is -2.36. The van der Waals surface area contributed by atoms with Crippen LogP contribution in [0.5, 0.6) is 0 Å². The normalized spacial score (nSPS) is 21.7. The highest BCUT2D eigenvalue weighted by Crippen LogP contribution is 2.24. The number of likely N-dealkylation sites (tertiary alicyclic amines) is 1. The third kappa shape index (κ3) is 2.80. The van der Waals surface area contributed by atoms with E-state index in [-0.39, 0.29) is 0 Å². The van der Waals surface area contributed by atoms with Crippen LogP contribution in [0.25, 0.3) is 0 Å². The minimum absolute atomic E-state index is 0.778. The minimum atomic E-state index is 0.778. The summed E-state index contributed by atoms with van der Waals surface area (Å²) in [5.74, 6) is 7.57. The highest BCUT2D eigenvalue weighted by molar-refractivity contribution is 5.23. The van der Waals surface area contributed by atoms with Gasteiger partial charge in [0.15, 0.2) is 0 Å². The average molecular weight is 191 g/mol. The number of hydrogen-bond acceptors (Lipinski definition) is 1. The van der Waals surface area contributed by atoms with Crippen LogP contribution in [0.1, 0.15) is 33.6 Å². The van der Waals surface area contributed by atoms with E-state index in [2.05, 4.69) is 37.2 Å². The molecule has 0 bridgehead atoms. The van der Waals surface area contributed by atoms with E-state index in [0.717, 1.165) is 30.6 Å². The molecule has 1 aliphatic rings. The number of piperidine rings is 1. The average Bonchev–Trinajstić information content (AvgIpc) is 2.18. The Balaban J connectivity index is 2.54. The van der Waals surface area contributed by atoms with Crippen molar-refractivity contribution in [2.75, 3.05) is 13.1 Å². The van der Waals surface area contributed by atoms with Crippen LogP contribution in [-0.2, 0) is 0 Å². The van der Waals surface area contributed by atoms with Crippen molar-refractivity contribution in [3.63, 3.8) is 0 Å². The van der Waals surface area contributed by atoms with Crippen molar-refractivity contribution in [1.29, 1.82) is 0 Å². The quantitative estimate of drug-likeness (QED) is 0.607. The van der Waals surface area contributed by atoms with Crippen LogP contribution in [0.2, 0.25) is 0 Å². The molecular formula is C13H21N. The van der Waals surface area contributed by atoms with E-state index in [1.165, 1.54) is 12.8 Å². The third-order valence-electron chi connectivity index (χ3n) is 3.05. The van der Waals surface area contributed by atoms with Crippen molar-refractivity contribution >= 4 is 0 Å². The SMILES string of the molecule is C=C(C#CC)N1CCC[C@H](C(C)C)C1. The van der Waals surface area contributed by atoms with E-state index in [1.54, 1.807) is 0 Å². The van der Waals surface area contributed by atoms with Gasteiger partial charge in [-0.05, 0) is 31.6 Å². The summed E-state index contributed by atoms with van der Waals surface area (Å²) in [7, 11) is 0. The number of rotatable bonds is 2. The summed E-state index contributed by atoms with van der Waals surface area (Å²) in [5.41, 5.74) is 0.998. The Bertz CT molecular complexity index is 254. The van der Waals surface area contributed by atoms with Gasteiger partial charge in [-0.1, -0.05) is 32.3 Å². The first-order valence-electron chi connectivity index (χ1n) is 5.51. The predicted octanol–water partition coefficient (Wildman–Crippen LogP) is 2.89. The summed E-state index contributed by atoms with van der Waals surface area (Å²) in [6, 6.07) is 0. The first-order valence-corrected chi connectivity index (χ1v) is 5.51. The van der Waals surface area contributed by atoms with Gasteiger partial charge in [0, 0.05) is 13.1 Å². The molecule has 1 saturated heterocycles. The van der Waals surface area contributed by atoms with E-state index < -0.39 is 0 Å². The lowest BCUT2D eigenvalue weighted by molar-refractivity contribution is 0.185. The van der Waals surface area contributed by atoms with E-state index in [1.807, 2.05) is 6.92 Å². The number of hydrogen-bond donors (Lipinski definition) is 0. The lowest BCUT2D eigenvalue weighted by atomic mass is 9.88. The molecule has 1 heteroatoms. The van der Waals surface area contributed by atoms with Crippen molar-refractivity contribution < 1.29 is 0 Å². The molecule has 1 fully saturated rings. The lowest BCUT2D eigenvalue weighted by Gasteiger charge is -2.35. The fourth-order valence-corrected chi connectivity index (χ4v) is 2.02. The van der Waals surface area contributed by atoms with Crippen molar-refractivity contribution in [3.05, 3.63) is 12.3 Å². The van der Waals surface area contributed by atoms with Crippen LogP contribution in [-0.4, -0.2) is 18.0 Å². The van der Waals surface area contributed by atoms with E-state index >= 15 is 0 Å². The van der Waals surface area contributed by atoms with Crippen molar-refractivity contribution in [1.82, 2.24) is 4.90 Å². The van der Waals surface area contributed by atoms with Crippen LogP contribution in [0.3, 0.4) is 0 Å². The first kappa shape index (κ1) is 11.2. The number of allylic oxidation sites excluding steroid dienone is 1. The molecule has 0 aromatic rings. The van der Waals surface area contributed by atoms with Crippen molar-refractivity contribution in [2.24, 2.45) is 11.8 Å². The van der Waals surface area contributed by atoms with Gasteiger partial charge in [-0.15, -0.1) is 0 Å². The Morgan fingerprint density at radius 3 is 2.79 bits per heavy atom. The Kier molecular flexibility index (Phi) is 4.07. The van der Waals surface area contributed by atoms with Crippen LogP contribution in [0.15, 0.2) is 12.3 Å². The Labute approximate surface area is 88.2 Å². The zero-order valence-corrected chi connectivity index (χ0v) is 9.64. The van der Waals surface area contributed by atoms with E-state index in [4.69, 9.17) is 0 Å². The van der Waals surface area contributed by atoms with Gasteiger partial charge >= 0.3 is 0 Å². The Morgan fingerprint density at radius 2 is 2.21 bits per heavy atom. The largest absolute Gasteiger partial charge is 0.365 e. The van der Waals surface area contributed by atoms with Gasteiger partial charge in [0.1, 0.15) is 0 Å². The topological polar surface area (TPSA) is 3.24 Å². The van der Waals surface area contributed by atoms with Gasteiger partial charge in [0.25, 0.3) is 0 Å². The molecule has 0 N–H and O–H groups in total. The molecule has 0 aromatic heterocycles. The second kappa shape index (κ2) is 5.10. The Hall–Kier alpha value is -0.900. The van der Waals surface area contributed by atoms with Gasteiger partial charge in [-0.25, -0.2) is 0 Å². The molecule has 1 heterocycles. The van der Waals surface area contributed by atoms with Crippen LogP contribution >= 0.6 is 0 Å². The molecule has 1 rings (SSSR count). The molecule has 1 atom stereocenters. The van der Waals surface area contributed by atoms with Crippen molar-refractivity contribution in [2.45, 2.75) is 33.6 Å². The highest BCUT2D eigenvalue weighted by Gasteiger charge is 2.22. The molecule has 0 saturated carbocycles. The maximum absolute atomic E-state index is 4.01. The molecule has 14 heavy (non-hydrogen) atoms. The second-order valence-electron chi connectivity index (χ2n) is 4.41. The van der Waals surface area contributed by atoms with Crippen molar-refractivity contribution in [3.8, 4) is 11.8 Å². The summed E-state index contributed by atoms with van der Waals surface area (Å²) < 4.78 is 0. The zero-order valence-electron chi connectivity index (χ0n) is 9.64. The van der Waals surface area contributed by atoms with Gasteiger partial charge in [0.2, 0.25) is 0 Å². The van der Waals surface area contributed by atoms with Crippen LogP contribution in [0.4, 0.5) is 0 Å². The fraction of sp³-hybridized carbons (Fsp3) is 0.692. The maximum atomic E-state index is 4.01. The predicted molar refractivity (Wildman–Crippen MR) is 61.7 cm³/mol. The molecule has 0 unspecified atom stereocenters. The first-order chi connectivity index (χ1) is 6.65. The number of nitrogens with zero attached hydrogens (tertiary/aromatic N) is 1. The zero-order chi connectivity index (χ0) is 10.6. The van der Waals surface area contributed by atoms with E-state index in [0.29, 0.717) is 0 Å². The summed E-state index contributed by atoms with van der Waals surface area (Å²) in [6.45, 7) is 12.8. The van der Waals surface area contributed by atoms with Gasteiger partial charge in [-0.3, -0.25) is 0 Å². The summed E-state index contributed by atoms with van der Waals surface area (Å²) in [4.78, 5) is 2.34. The summed E-state index contributed by atoms with van der Waals surface area (Å²) >= 11 is 0. The molecule has 1 aliphatic heterocycles. The second-order valence-corrected chi connectivity index (χ2v) is 4.41. The minimum Gasteiger partial charge on any atom is -0.365 e.